The normalized spacial score (nSPS) is 59.8. The van der Waals surface area contributed by atoms with Crippen LogP contribution < -0.4 is 0 Å². The van der Waals surface area contributed by atoms with E-state index in [1.54, 1.807) is 5.57 Å². The van der Waals surface area contributed by atoms with E-state index in [2.05, 4.69) is 44.6 Å². The quantitative estimate of drug-likeness (QED) is 0.596. The molecule has 0 aromatic heterocycles. The third kappa shape index (κ3) is 0.504. The molecule has 0 aromatic rings. The summed E-state index contributed by atoms with van der Waals surface area (Å²) in [7, 11) is 0. The van der Waals surface area contributed by atoms with Crippen LogP contribution in [0.3, 0.4) is 0 Å². The van der Waals surface area contributed by atoms with Crippen molar-refractivity contribution in [3.63, 3.8) is 0 Å². The van der Waals surface area contributed by atoms with Gasteiger partial charge in [0.05, 0.1) is 0 Å². The summed E-state index contributed by atoms with van der Waals surface area (Å²) in [5.41, 5.74) is 5.75. The van der Waals surface area contributed by atoms with Crippen molar-refractivity contribution in [1.82, 2.24) is 0 Å². The van der Waals surface area contributed by atoms with Crippen LogP contribution in [0.25, 0.3) is 0 Å². The molecule has 0 amide bonds. The van der Waals surface area contributed by atoms with Gasteiger partial charge in [-0.1, -0.05) is 0 Å². The molecular weight excluding hydrogens is 324 g/mol. The van der Waals surface area contributed by atoms with Crippen molar-refractivity contribution >= 4 is 0 Å². The fourth-order valence-electron chi connectivity index (χ4n) is 3.56. The third-order valence-electron chi connectivity index (χ3n) is 4.21. The zero-order valence-corrected chi connectivity index (χ0v) is 9.87. The van der Waals surface area contributed by atoms with Crippen molar-refractivity contribution in [3.05, 3.63) is 17.4 Å². The van der Waals surface area contributed by atoms with Gasteiger partial charge in [-0.2, -0.15) is 0 Å². The molecule has 4 atom stereocenters. The maximum atomic E-state index is 3.52. The number of hydrogen-bond donors (Lipinski definition) is 0. The second-order valence-electron chi connectivity index (χ2n) is 4.71. The van der Waals surface area contributed by atoms with E-state index >= 15 is 0 Å². The molecule has 0 bridgehead atoms. The second kappa shape index (κ2) is 1.82. The molecule has 2 saturated carbocycles. The third-order valence-corrected chi connectivity index (χ3v) is 6.11. The van der Waals surface area contributed by atoms with Crippen LogP contribution in [0.15, 0.2) is 17.4 Å². The van der Waals surface area contributed by atoms with Gasteiger partial charge in [0, 0.05) is 0 Å². The van der Waals surface area contributed by atoms with Crippen LogP contribution in [0, 0.1) is 17.3 Å². The average molecular weight is 337 g/mol. The molecule has 0 saturated heterocycles. The fourth-order valence-corrected chi connectivity index (χ4v) is 5.62. The van der Waals surface area contributed by atoms with Crippen molar-refractivity contribution in [2.45, 2.75) is 30.6 Å². The molecule has 66 valence electrons. The Hall–Kier alpha value is 0.169. The number of hydrogen-bond acceptors (Lipinski definition) is 0. The first-order chi connectivity index (χ1) is 5.60. The first-order valence-electron chi connectivity index (χ1n) is 4.75. The van der Waals surface area contributed by atoms with E-state index < -0.39 is 0 Å². The molecule has 3 aliphatic carbocycles. The second-order valence-corrected chi connectivity index (χ2v) is 6.84. The predicted octanol–water partition coefficient (Wildman–Crippen LogP) is 2.85. The van der Waals surface area contributed by atoms with Gasteiger partial charge in [0.15, 0.2) is 0 Å². The van der Waals surface area contributed by atoms with Gasteiger partial charge in [-0.05, 0) is 0 Å². The molecule has 0 aliphatic heterocycles. The molecule has 0 radical (unpaired) electrons. The van der Waals surface area contributed by atoms with E-state index in [9.17, 15) is 0 Å². The minimum atomic E-state index is 0.508. The maximum absolute atomic E-state index is 3.52. The van der Waals surface area contributed by atoms with E-state index in [1.165, 1.54) is 12.8 Å². The van der Waals surface area contributed by atoms with Crippen molar-refractivity contribution < 1.29 is 18.9 Å². The molecule has 0 aromatic carbocycles. The van der Waals surface area contributed by atoms with Gasteiger partial charge in [0.1, 0.15) is 0 Å². The Balaban J connectivity index is 2.10. The standard InChI is InChI=1S/C11H13.Ir/c1-7-6-11-8(2)5-9(11)3-4-10(7)11;/h3,7-8H,5-6H2,1-2H3;. The van der Waals surface area contributed by atoms with E-state index in [4.69, 9.17) is 0 Å². The van der Waals surface area contributed by atoms with Gasteiger partial charge in [-0.15, -0.1) is 0 Å². The molecule has 3 aliphatic rings. The molecule has 1 heteroatoms. The summed E-state index contributed by atoms with van der Waals surface area (Å²) in [6.45, 7) is 4.76. The van der Waals surface area contributed by atoms with Crippen molar-refractivity contribution in [3.8, 4) is 0 Å². The molecule has 4 unspecified atom stereocenters. The van der Waals surface area contributed by atoms with Crippen LogP contribution in [-0.2, 0) is 18.9 Å². The van der Waals surface area contributed by atoms with Crippen molar-refractivity contribution in [2.24, 2.45) is 17.3 Å². The number of allylic oxidation sites excluding steroid dienone is 1. The molecular formula is C11H13Ir. The number of rotatable bonds is 0. The monoisotopic (exact) mass is 338 g/mol. The Morgan fingerprint density at radius 3 is 2.75 bits per heavy atom. The Kier molecular flexibility index (Phi) is 1.15. The van der Waals surface area contributed by atoms with Crippen LogP contribution in [-0.4, -0.2) is 0 Å². The molecule has 0 heterocycles. The van der Waals surface area contributed by atoms with Crippen LogP contribution >= 0.6 is 0 Å². The SMILES string of the molecule is CC1CC23C1=C=C[C]2([Ir])CC3C. The van der Waals surface area contributed by atoms with Crippen LogP contribution in [0.1, 0.15) is 26.7 Å². The van der Waals surface area contributed by atoms with Gasteiger partial charge >= 0.3 is 84.1 Å². The van der Waals surface area contributed by atoms with E-state index in [0.717, 1.165) is 11.8 Å². The van der Waals surface area contributed by atoms with Crippen LogP contribution in [0.5, 0.6) is 0 Å². The Morgan fingerprint density at radius 1 is 1.50 bits per heavy atom. The van der Waals surface area contributed by atoms with Gasteiger partial charge in [0.25, 0.3) is 0 Å². The van der Waals surface area contributed by atoms with Gasteiger partial charge in [0.2, 0.25) is 0 Å². The van der Waals surface area contributed by atoms with Gasteiger partial charge in [-0.25, -0.2) is 0 Å². The molecule has 12 heavy (non-hydrogen) atoms. The van der Waals surface area contributed by atoms with Crippen molar-refractivity contribution in [1.29, 1.82) is 0 Å². The average Bonchev–Trinajstić information content (AvgIpc) is 2.16. The Labute approximate surface area is 84.3 Å². The summed E-state index contributed by atoms with van der Waals surface area (Å²) in [4.78, 5) is 0. The zero-order chi connectivity index (χ0) is 8.56. The van der Waals surface area contributed by atoms with Gasteiger partial charge < -0.3 is 0 Å². The molecule has 1 spiro atoms. The summed E-state index contributed by atoms with van der Waals surface area (Å²) in [6.07, 6.45) is 5.16. The fraction of sp³-hybridized carbons (Fsp3) is 0.727. The summed E-state index contributed by atoms with van der Waals surface area (Å²) >= 11 is 2.42. The minimum absolute atomic E-state index is 0.508. The predicted molar refractivity (Wildman–Crippen MR) is 44.3 cm³/mol. The molecule has 2 fully saturated rings. The van der Waals surface area contributed by atoms with Gasteiger partial charge in [-0.3, -0.25) is 0 Å². The first kappa shape index (κ1) is 7.56. The topological polar surface area (TPSA) is 0 Å². The van der Waals surface area contributed by atoms with Crippen LogP contribution in [0.2, 0.25) is 3.93 Å². The molecule has 0 N–H and O–H groups in total. The van der Waals surface area contributed by atoms with E-state index in [-0.39, 0.29) is 0 Å². The summed E-state index contributed by atoms with van der Waals surface area (Å²) in [6, 6.07) is 0. The molecule has 3 rings (SSSR count). The van der Waals surface area contributed by atoms with E-state index in [0.29, 0.717) is 9.34 Å². The first-order valence-corrected chi connectivity index (χ1v) is 5.95. The van der Waals surface area contributed by atoms with Crippen molar-refractivity contribution in [2.75, 3.05) is 0 Å². The van der Waals surface area contributed by atoms with E-state index in [1.807, 2.05) is 0 Å². The summed E-state index contributed by atoms with van der Waals surface area (Å²) < 4.78 is 0.508. The Morgan fingerprint density at radius 2 is 2.25 bits per heavy atom. The summed E-state index contributed by atoms with van der Waals surface area (Å²) in [5, 5.41) is 0. The van der Waals surface area contributed by atoms with Crippen LogP contribution in [0.4, 0.5) is 0 Å². The molecule has 0 nitrogen and oxygen atoms in total. The summed E-state index contributed by atoms with van der Waals surface area (Å²) in [5.74, 6) is 1.74. The Bertz CT molecular complexity index is 324. The zero-order valence-electron chi connectivity index (χ0n) is 7.48.